The number of ether oxygens (including phenoxy) is 1. The zero-order valence-electron chi connectivity index (χ0n) is 11.0. The molecule has 0 aliphatic rings. The van der Waals surface area contributed by atoms with Crippen molar-refractivity contribution in [3.8, 4) is 5.88 Å². The average Bonchev–Trinajstić information content (AvgIpc) is 2.27. The Morgan fingerprint density at radius 1 is 1.41 bits per heavy atom. The van der Waals surface area contributed by atoms with Gasteiger partial charge in [0.15, 0.2) is 0 Å². The molecular weight excluding hydrogens is 236 g/mol. The Bertz CT molecular complexity index is 349. The third-order valence-corrected chi connectivity index (χ3v) is 3.99. The van der Waals surface area contributed by atoms with Crippen molar-refractivity contribution in [3.63, 3.8) is 0 Å². The second-order valence-corrected chi connectivity index (χ2v) is 6.85. The predicted octanol–water partition coefficient (Wildman–Crippen LogP) is 2.20. The Hall–Kier alpha value is -0.780. The summed E-state index contributed by atoms with van der Waals surface area (Å²) < 4.78 is 19.7. The van der Waals surface area contributed by atoms with Crippen LogP contribution in [0, 0.1) is 0 Å². The van der Waals surface area contributed by atoms with E-state index in [1.165, 1.54) is 0 Å². The van der Waals surface area contributed by atoms with E-state index in [4.69, 9.17) is 4.74 Å². The first-order valence-electron chi connectivity index (χ1n) is 5.52. The van der Waals surface area contributed by atoms with Crippen LogP contribution in [0.15, 0.2) is 18.3 Å². The molecule has 0 saturated carbocycles. The van der Waals surface area contributed by atoms with Gasteiger partial charge in [0.1, 0.15) is 4.75 Å². The minimum absolute atomic E-state index is 0.00605. The molecule has 1 N–H and O–H groups in total. The molecule has 96 valence electrons. The molecule has 0 saturated heterocycles. The molecule has 17 heavy (non-hydrogen) atoms. The lowest BCUT2D eigenvalue weighted by Crippen LogP contribution is -2.40. The van der Waals surface area contributed by atoms with E-state index in [1.807, 2.05) is 33.8 Å². The summed E-state index contributed by atoms with van der Waals surface area (Å²) in [5.74, 6) is 0.581. The minimum Gasteiger partial charge on any atom is -0.598 e. The Kier molecular flexibility index (Phi) is 4.80. The number of aromatic nitrogens is 1. The number of hydrogen-bond acceptors (Lipinski definition) is 4. The lowest BCUT2D eigenvalue weighted by molar-refractivity contribution is 0.397. The minimum atomic E-state index is -1.08. The lowest BCUT2D eigenvalue weighted by Gasteiger charge is -2.26. The van der Waals surface area contributed by atoms with Crippen LogP contribution < -0.4 is 9.46 Å². The second-order valence-electron chi connectivity index (χ2n) is 4.85. The summed E-state index contributed by atoms with van der Waals surface area (Å²) in [6.07, 6.45) is 1.73. The van der Waals surface area contributed by atoms with E-state index < -0.39 is 11.4 Å². The molecule has 0 aromatic carbocycles. The van der Waals surface area contributed by atoms with Crippen LogP contribution in [0.3, 0.4) is 0 Å². The van der Waals surface area contributed by atoms with E-state index >= 15 is 0 Å². The molecule has 0 fully saturated rings. The van der Waals surface area contributed by atoms with Gasteiger partial charge in [-0.3, -0.25) is 0 Å². The summed E-state index contributed by atoms with van der Waals surface area (Å²) in [6, 6.07) is 3.71. The zero-order chi connectivity index (χ0) is 13.1. The first kappa shape index (κ1) is 14.3. The van der Waals surface area contributed by atoms with Crippen molar-refractivity contribution in [2.45, 2.75) is 38.5 Å². The number of nitrogens with zero attached hydrogens (tertiary/aromatic N) is 1. The molecule has 4 nitrogen and oxygen atoms in total. The molecule has 1 aromatic heterocycles. The van der Waals surface area contributed by atoms with Crippen molar-refractivity contribution in [1.29, 1.82) is 0 Å². The summed E-state index contributed by atoms with van der Waals surface area (Å²) in [4.78, 5) is 4.13. The molecule has 5 heteroatoms. The van der Waals surface area contributed by atoms with Crippen LogP contribution >= 0.6 is 0 Å². The molecule has 0 radical (unpaired) electrons. The van der Waals surface area contributed by atoms with Crippen molar-refractivity contribution >= 4 is 11.4 Å². The van der Waals surface area contributed by atoms with Crippen molar-refractivity contribution in [2.75, 3.05) is 7.11 Å². The second kappa shape index (κ2) is 5.71. The van der Waals surface area contributed by atoms with Gasteiger partial charge in [0.05, 0.1) is 13.2 Å². The lowest BCUT2D eigenvalue weighted by atomic mass is 10.2. The van der Waals surface area contributed by atoms with Crippen molar-refractivity contribution in [3.05, 3.63) is 23.9 Å². The summed E-state index contributed by atoms with van der Waals surface area (Å²) in [5.41, 5.74) is 0.989. The molecule has 1 rings (SSSR count). The van der Waals surface area contributed by atoms with E-state index in [0.717, 1.165) is 5.56 Å². The summed E-state index contributed by atoms with van der Waals surface area (Å²) in [7, 11) is 1.58. The van der Waals surface area contributed by atoms with E-state index in [-0.39, 0.29) is 10.8 Å². The number of hydrogen-bond donors (Lipinski definition) is 1. The van der Waals surface area contributed by atoms with Gasteiger partial charge >= 0.3 is 0 Å². The SMILES string of the molecule is COc1ccc(C(C)N[S+]([O-])C(C)(C)C)cn1. The maximum Gasteiger partial charge on any atom is 0.212 e. The van der Waals surface area contributed by atoms with Crippen LogP contribution in [0.4, 0.5) is 0 Å². The van der Waals surface area contributed by atoms with Gasteiger partial charge in [-0.15, -0.1) is 4.72 Å². The predicted molar refractivity (Wildman–Crippen MR) is 70.2 cm³/mol. The zero-order valence-corrected chi connectivity index (χ0v) is 11.8. The van der Waals surface area contributed by atoms with Crippen molar-refractivity contribution in [2.24, 2.45) is 0 Å². The number of pyridine rings is 1. The van der Waals surface area contributed by atoms with Crippen LogP contribution in [-0.4, -0.2) is 21.4 Å². The highest BCUT2D eigenvalue weighted by Crippen LogP contribution is 2.20. The fourth-order valence-electron chi connectivity index (χ4n) is 1.17. The fourth-order valence-corrected chi connectivity index (χ4v) is 1.98. The molecule has 0 spiro atoms. The normalized spacial score (nSPS) is 15.4. The van der Waals surface area contributed by atoms with Gasteiger partial charge < -0.3 is 9.29 Å². The number of rotatable bonds is 4. The molecule has 0 aliphatic carbocycles. The van der Waals surface area contributed by atoms with Crippen molar-refractivity contribution in [1.82, 2.24) is 9.71 Å². The van der Waals surface area contributed by atoms with Gasteiger partial charge in [0.25, 0.3) is 0 Å². The molecule has 2 unspecified atom stereocenters. The van der Waals surface area contributed by atoms with Gasteiger partial charge in [-0.2, -0.15) is 0 Å². The van der Waals surface area contributed by atoms with Crippen molar-refractivity contribution < 1.29 is 9.29 Å². The topological polar surface area (TPSA) is 57.2 Å². The van der Waals surface area contributed by atoms with E-state index in [1.54, 1.807) is 19.4 Å². The van der Waals surface area contributed by atoms with E-state index in [9.17, 15) is 4.55 Å². The fraction of sp³-hybridized carbons (Fsp3) is 0.583. The first-order valence-corrected chi connectivity index (χ1v) is 6.67. The smallest absolute Gasteiger partial charge is 0.212 e. The molecule has 0 aliphatic heterocycles. The van der Waals surface area contributed by atoms with E-state index in [2.05, 4.69) is 9.71 Å². The van der Waals surface area contributed by atoms with Crippen LogP contribution in [0.5, 0.6) is 5.88 Å². The van der Waals surface area contributed by atoms with Gasteiger partial charge in [-0.25, -0.2) is 4.98 Å². The maximum atomic E-state index is 11.9. The summed E-state index contributed by atoms with van der Waals surface area (Å²) in [6.45, 7) is 7.78. The number of nitrogens with one attached hydrogen (secondary N) is 1. The average molecular weight is 256 g/mol. The Balaban J connectivity index is 2.66. The van der Waals surface area contributed by atoms with Gasteiger partial charge in [0.2, 0.25) is 5.88 Å². The maximum absolute atomic E-state index is 11.9. The van der Waals surface area contributed by atoms with Crippen LogP contribution in [0.25, 0.3) is 0 Å². The Morgan fingerprint density at radius 2 is 2.06 bits per heavy atom. The summed E-state index contributed by atoms with van der Waals surface area (Å²) in [5, 5.41) is 0. The van der Waals surface area contributed by atoms with Crippen LogP contribution in [0.1, 0.15) is 39.3 Å². The third-order valence-electron chi connectivity index (χ3n) is 2.31. The molecule has 0 bridgehead atoms. The summed E-state index contributed by atoms with van der Waals surface area (Å²) >= 11 is -1.08. The number of methoxy groups -OCH3 is 1. The standard InChI is InChI=1S/C12H20N2O2S/c1-9(14-17(15)12(2,3)4)10-6-7-11(16-5)13-8-10/h6-9,14H,1-5H3. The highest BCUT2D eigenvalue weighted by Gasteiger charge is 2.28. The van der Waals surface area contributed by atoms with Gasteiger partial charge in [0, 0.05) is 23.6 Å². The molecule has 1 heterocycles. The largest absolute Gasteiger partial charge is 0.598 e. The molecule has 0 amide bonds. The van der Waals surface area contributed by atoms with E-state index in [0.29, 0.717) is 5.88 Å². The van der Waals surface area contributed by atoms with Crippen LogP contribution in [0.2, 0.25) is 0 Å². The highest BCUT2D eigenvalue weighted by molar-refractivity contribution is 7.90. The van der Waals surface area contributed by atoms with Gasteiger partial charge in [-0.1, -0.05) is 6.07 Å². The third kappa shape index (κ3) is 4.18. The Labute approximate surface area is 106 Å². The van der Waals surface area contributed by atoms with Crippen LogP contribution in [-0.2, 0) is 11.4 Å². The molecule has 2 atom stereocenters. The molecule has 1 aromatic rings. The van der Waals surface area contributed by atoms with Gasteiger partial charge in [-0.05, 0) is 33.3 Å². The highest BCUT2D eigenvalue weighted by atomic mass is 32.2. The quantitative estimate of drug-likeness (QED) is 0.839. The first-order chi connectivity index (χ1) is 7.84. The molecular formula is C12H20N2O2S. The Morgan fingerprint density at radius 3 is 2.47 bits per heavy atom. The monoisotopic (exact) mass is 256 g/mol.